The van der Waals surface area contributed by atoms with Gasteiger partial charge in [-0.15, -0.1) is 5.10 Å². The number of nitrogens with zero attached hydrogens (tertiary/aromatic N) is 2. The Hall–Kier alpha value is -1.19. The van der Waals surface area contributed by atoms with Gasteiger partial charge in [0, 0.05) is 13.1 Å². The van der Waals surface area contributed by atoms with Gasteiger partial charge in [-0.25, -0.2) is 4.68 Å². The van der Waals surface area contributed by atoms with Crippen LogP contribution in [0.1, 0.15) is 12.8 Å². The Morgan fingerprint density at radius 3 is 3.00 bits per heavy atom. The summed E-state index contributed by atoms with van der Waals surface area (Å²) in [6.45, 7) is 0.788. The van der Waals surface area contributed by atoms with Crippen LogP contribution in [0.2, 0.25) is 0 Å². The van der Waals surface area contributed by atoms with Crippen LogP contribution in [0.4, 0.5) is 5.82 Å². The number of nitrogen functional groups attached to an aromatic ring is 1. The number of aromatic nitrogens is 2. The van der Waals surface area contributed by atoms with Gasteiger partial charge >= 0.3 is 0 Å². The minimum Gasteiger partial charge on any atom is -0.476 e. The molecule has 0 aromatic carbocycles. The summed E-state index contributed by atoms with van der Waals surface area (Å²) in [6, 6.07) is 1.75. The summed E-state index contributed by atoms with van der Waals surface area (Å²) in [7, 11) is 1.80. The third kappa shape index (κ3) is 1.52. The molecule has 2 N–H and O–H groups in total. The number of aryl methyl sites for hydroxylation is 1. The Morgan fingerprint density at radius 1 is 1.75 bits per heavy atom. The molecular formula is C8H13N3O. The van der Waals surface area contributed by atoms with Crippen molar-refractivity contribution in [2.75, 3.05) is 12.3 Å². The van der Waals surface area contributed by atoms with Crippen LogP contribution < -0.4 is 10.5 Å². The molecule has 0 spiro atoms. The van der Waals surface area contributed by atoms with E-state index in [0.717, 1.165) is 12.5 Å². The van der Waals surface area contributed by atoms with Gasteiger partial charge in [-0.05, 0) is 18.8 Å². The van der Waals surface area contributed by atoms with E-state index in [1.54, 1.807) is 17.8 Å². The normalized spacial score (nSPS) is 16.4. The molecule has 1 saturated carbocycles. The van der Waals surface area contributed by atoms with Gasteiger partial charge in [0.25, 0.3) is 0 Å². The summed E-state index contributed by atoms with van der Waals surface area (Å²) >= 11 is 0. The molecule has 2 rings (SSSR count). The van der Waals surface area contributed by atoms with E-state index >= 15 is 0 Å². The van der Waals surface area contributed by atoms with Crippen LogP contribution in [0.3, 0.4) is 0 Å². The van der Waals surface area contributed by atoms with Crippen LogP contribution in [0.25, 0.3) is 0 Å². The largest absolute Gasteiger partial charge is 0.476 e. The fourth-order valence-corrected chi connectivity index (χ4v) is 1.01. The summed E-state index contributed by atoms with van der Waals surface area (Å²) in [5, 5.41) is 4.08. The number of nitrogens with two attached hydrogens (primary N) is 1. The molecule has 12 heavy (non-hydrogen) atoms. The van der Waals surface area contributed by atoms with Crippen LogP contribution in [-0.4, -0.2) is 16.4 Å². The molecule has 0 radical (unpaired) electrons. The highest BCUT2D eigenvalue weighted by atomic mass is 16.5. The minimum absolute atomic E-state index is 0.640. The molecule has 1 aliphatic rings. The first kappa shape index (κ1) is 7.46. The van der Waals surface area contributed by atoms with E-state index in [-0.39, 0.29) is 0 Å². The van der Waals surface area contributed by atoms with E-state index < -0.39 is 0 Å². The third-order valence-electron chi connectivity index (χ3n) is 2.06. The molecule has 4 nitrogen and oxygen atoms in total. The van der Waals surface area contributed by atoms with E-state index in [0.29, 0.717) is 11.7 Å². The summed E-state index contributed by atoms with van der Waals surface area (Å²) in [6.07, 6.45) is 2.59. The predicted molar refractivity (Wildman–Crippen MR) is 45.8 cm³/mol. The maximum absolute atomic E-state index is 5.58. The molecule has 1 fully saturated rings. The van der Waals surface area contributed by atoms with Crippen molar-refractivity contribution in [2.24, 2.45) is 13.0 Å². The minimum atomic E-state index is 0.640. The Bertz CT molecular complexity index is 258. The maximum atomic E-state index is 5.58. The van der Waals surface area contributed by atoms with E-state index in [2.05, 4.69) is 5.10 Å². The van der Waals surface area contributed by atoms with E-state index in [1.807, 2.05) is 0 Å². The zero-order valence-corrected chi connectivity index (χ0v) is 7.16. The average molecular weight is 167 g/mol. The highest BCUT2D eigenvalue weighted by Crippen LogP contribution is 2.29. The molecule has 1 aromatic rings. The molecule has 0 bridgehead atoms. The summed E-state index contributed by atoms with van der Waals surface area (Å²) in [5.74, 6) is 2.04. The Kier molecular flexibility index (Phi) is 1.67. The second kappa shape index (κ2) is 2.69. The lowest BCUT2D eigenvalue weighted by Crippen LogP contribution is -2.00. The lowest BCUT2D eigenvalue weighted by atomic mass is 10.5. The van der Waals surface area contributed by atoms with Gasteiger partial charge in [-0.3, -0.25) is 0 Å². The predicted octanol–water partition coefficient (Wildman–Crippen LogP) is 0.791. The van der Waals surface area contributed by atoms with Gasteiger partial charge in [0.15, 0.2) is 0 Å². The molecule has 0 saturated heterocycles. The fourth-order valence-electron chi connectivity index (χ4n) is 1.01. The lowest BCUT2D eigenvalue weighted by molar-refractivity contribution is 0.285. The quantitative estimate of drug-likeness (QED) is 0.724. The van der Waals surface area contributed by atoms with Gasteiger partial charge in [-0.2, -0.15) is 0 Å². The SMILES string of the molecule is Cn1nc(OCC2CC2)cc1N. The first-order chi connectivity index (χ1) is 5.75. The summed E-state index contributed by atoms with van der Waals surface area (Å²) < 4.78 is 7.03. The Balaban J connectivity index is 1.93. The molecule has 0 atom stereocenters. The van der Waals surface area contributed by atoms with Crippen molar-refractivity contribution in [1.29, 1.82) is 0 Å². The van der Waals surface area contributed by atoms with Gasteiger partial charge in [0.1, 0.15) is 5.82 Å². The molecular weight excluding hydrogens is 154 g/mol. The Morgan fingerprint density at radius 2 is 2.50 bits per heavy atom. The highest BCUT2D eigenvalue weighted by Gasteiger charge is 2.22. The van der Waals surface area contributed by atoms with Gasteiger partial charge in [0.2, 0.25) is 5.88 Å². The van der Waals surface area contributed by atoms with E-state index in [1.165, 1.54) is 12.8 Å². The number of hydrogen-bond acceptors (Lipinski definition) is 3. The second-order valence-electron chi connectivity index (χ2n) is 3.29. The molecule has 1 aliphatic carbocycles. The van der Waals surface area contributed by atoms with Crippen LogP contribution in [-0.2, 0) is 7.05 Å². The number of ether oxygens (including phenoxy) is 1. The first-order valence-electron chi connectivity index (χ1n) is 4.18. The van der Waals surface area contributed by atoms with Gasteiger partial charge in [-0.1, -0.05) is 0 Å². The summed E-state index contributed by atoms with van der Waals surface area (Å²) in [5.41, 5.74) is 5.58. The van der Waals surface area contributed by atoms with Crippen LogP contribution >= 0.6 is 0 Å². The third-order valence-corrected chi connectivity index (χ3v) is 2.06. The average Bonchev–Trinajstić information content (AvgIpc) is 2.78. The first-order valence-corrected chi connectivity index (χ1v) is 4.18. The highest BCUT2D eigenvalue weighted by molar-refractivity contribution is 5.33. The fraction of sp³-hybridized carbons (Fsp3) is 0.625. The van der Waals surface area contributed by atoms with E-state index in [9.17, 15) is 0 Å². The van der Waals surface area contributed by atoms with Crippen molar-refractivity contribution in [1.82, 2.24) is 9.78 Å². The lowest BCUT2D eigenvalue weighted by Gasteiger charge is -1.98. The number of rotatable bonds is 3. The molecule has 0 unspecified atom stereocenters. The Labute approximate surface area is 71.3 Å². The van der Waals surface area contributed by atoms with Crippen molar-refractivity contribution in [3.8, 4) is 5.88 Å². The standard InChI is InChI=1S/C8H13N3O/c1-11-7(9)4-8(10-11)12-5-6-2-3-6/h4,6H,2-3,5,9H2,1H3. The molecule has 66 valence electrons. The zero-order valence-electron chi connectivity index (χ0n) is 7.16. The van der Waals surface area contributed by atoms with Crippen LogP contribution in [0, 0.1) is 5.92 Å². The topological polar surface area (TPSA) is 53.1 Å². The zero-order chi connectivity index (χ0) is 8.55. The van der Waals surface area contributed by atoms with Crippen LogP contribution in [0.5, 0.6) is 5.88 Å². The monoisotopic (exact) mass is 167 g/mol. The van der Waals surface area contributed by atoms with Crippen molar-refractivity contribution >= 4 is 5.82 Å². The van der Waals surface area contributed by atoms with Crippen molar-refractivity contribution < 1.29 is 4.74 Å². The second-order valence-corrected chi connectivity index (χ2v) is 3.29. The van der Waals surface area contributed by atoms with Crippen molar-refractivity contribution in [3.05, 3.63) is 6.07 Å². The van der Waals surface area contributed by atoms with Crippen molar-refractivity contribution in [3.63, 3.8) is 0 Å². The van der Waals surface area contributed by atoms with Gasteiger partial charge in [0.05, 0.1) is 6.61 Å². The molecule has 4 heteroatoms. The molecule has 0 aliphatic heterocycles. The molecule has 1 aromatic heterocycles. The van der Waals surface area contributed by atoms with Crippen LogP contribution in [0.15, 0.2) is 6.07 Å². The molecule has 0 amide bonds. The van der Waals surface area contributed by atoms with Gasteiger partial charge < -0.3 is 10.5 Å². The number of anilines is 1. The smallest absolute Gasteiger partial charge is 0.234 e. The van der Waals surface area contributed by atoms with E-state index in [4.69, 9.17) is 10.5 Å². The molecule has 1 heterocycles. The number of hydrogen-bond donors (Lipinski definition) is 1. The van der Waals surface area contributed by atoms with Crippen molar-refractivity contribution in [2.45, 2.75) is 12.8 Å². The summed E-state index contributed by atoms with van der Waals surface area (Å²) in [4.78, 5) is 0. The maximum Gasteiger partial charge on any atom is 0.234 e.